The molecule has 3 N–H and O–H groups in total. The average molecular weight is 268 g/mol. The van der Waals surface area contributed by atoms with Crippen LogP contribution in [0.2, 0.25) is 0 Å². The molecule has 2 saturated carbocycles. The van der Waals surface area contributed by atoms with Gasteiger partial charge in [0, 0.05) is 5.92 Å². The second-order valence-electron chi connectivity index (χ2n) is 5.80. The van der Waals surface area contributed by atoms with E-state index in [1.54, 1.807) is 0 Å². The molecular weight excluding hydrogens is 244 g/mol. The number of rotatable bonds is 4. The minimum absolute atomic E-state index is 0.0137. The molecule has 1 amide bonds. The van der Waals surface area contributed by atoms with Gasteiger partial charge in [0.1, 0.15) is 5.54 Å². The van der Waals surface area contributed by atoms with Crippen molar-refractivity contribution in [1.29, 1.82) is 0 Å². The summed E-state index contributed by atoms with van der Waals surface area (Å²) in [6.07, 6.45) is 6.23. The summed E-state index contributed by atoms with van der Waals surface area (Å²) in [6.45, 7) is 0.545. The number of methoxy groups -OCH3 is 1. The van der Waals surface area contributed by atoms with Crippen molar-refractivity contribution in [3.8, 4) is 0 Å². The van der Waals surface area contributed by atoms with E-state index in [2.05, 4.69) is 5.32 Å². The highest BCUT2D eigenvalue weighted by Gasteiger charge is 2.45. The van der Waals surface area contributed by atoms with Crippen LogP contribution in [0.5, 0.6) is 0 Å². The summed E-state index contributed by atoms with van der Waals surface area (Å²) in [6, 6.07) is 0. The second-order valence-corrected chi connectivity index (χ2v) is 5.80. The van der Waals surface area contributed by atoms with E-state index in [1.807, 2.05) is 0 Å². The molecule has 19 heavy (non-hydrogen) atoms. The SMILES string of the molecule is COC(=O)C1(NC(=O)[C@@H]2CCC[C@@H]2CN)CCCC1. The highest BCUT2D eigenvalue weighted by molar-refractivity contribution is 5.89. The lowest BCUT2D eigenvalue weighted by Gasteiger charge is -2.29. The molecule has 0 aromatic rings. The van der Waals surface area contributed by atoms with Gasteiger partial charge in [-0.1, -0.05) is 19.3 Å². The van der Waals surface area contributed by atoms with Crippen LogP contribution in [0.1, 0.15) is 44.9 Å². The number of nitrogens with one attached hydrogen (secondary N) is 1. The number of nitrogens with two attached hydrogens (primary N) is 1. The van der Waals surface area contributed by atoms with Crippen molar-refractivity contribution in [2.75, 3.05) is 13.7 Å². The van der Waals surface area contributed by atoms with E-state index in [-0.39, 0.29) is 23.7 Å². The number of carbonyl (C=O) groups is 2. The summed E-state index contributed by atoms with van der Waals surface area (Å²) in [5.41, 5.74) is 4.93. The van der Waals surface area contributed by atoms with E-state index in [4.69, 9.17) is 10.5 Å². The maximum Gasteiger partial charge on any atom is 0.331 e. The first-order chi connectivity index (χ1) is 9.13. The van der Waals surface area contributed by atoms with E-state index in [1.165, 1.54) is 7.11 Å². The van der Waals surface area contributed by atoms with Gasteiger partial charge in [-0.2, -0.15) is 0 Å². The maximum absolute atomic E-state index is 12.4. The molecule has 0 aromatic carbocycles. The molecule has 108 valence electrons. The Morgan fingerprint density at radius 3 is 2.53 bits per heavy atom. The molecule has 5 heteroatoms. The van der Waals surface area contributed by atoms with E-state index in [0.717, 1.165) is 32.1 Å². The van der Waals surface area contributed by atoms with Gasteiger partial charge < -0.3 is 15.8 Å². The number of carbonyl (C=O) groups excluding carboxylic acids is 2. The summed E-state index contributed by atoms with van der Waals surface area (Å²) < 4.78 is 4.88. The standard InChI is InChI=1S/C14H24N2O3/c1-19-13(18)14(7-2-3-8-14)16-12(17)11-6-4-5-10(11)9-15/h10-11H,2-9,15H2,1H3,(H,16,17)/t10-,11-/m1/s1. The van der Waals surface area contributed by atoms with Crippen LogP contribution in [0, 0.1) is 11.8 Å². The third-order valence-electron chi connectivity index (χ3n) is 4.69. The summed E-state index contributed by atoms with van der Waals surface area (Å²) in [5.74, 6) is -0.0934. The summed E-state index contributed by atoms with van der Waals surface area (Å²) in [4.78, 5) is 24.4. The Labute approximate surface area is 114 Å². The molecule has 2 fully saturated rings. The monoisotopic (exact) mass is 268 g/mol. The van der Waals surface area contributed by atoms with Gasteiger partial charge in [-0.15, -0.1) is 0 Å². The zero-order valence-electron chi connectivity index (χ0n) is 11.6. The van der Waals surface area contributed by atoms with Gasteiger partial charge in [-0.05, 0) is 38.1 Å². The Bertz CT molecular complexity index is 351. The molecule has 0 spiro atoms. The largest absolute Gasteiger partial charge is 0.467 e. The van der Waals surface area contributed by atoms with Gasteiger partial charge in [0.2, 0.25) is 5.91 Å². The predicted octanol–water partition coefficient (Wildman–Crippen LogP) is 0.963. The molecule has 0 bridgehead atoms. The van der Waals surface area contributed by atoms with E-state index < -0.39 is 5.54 Å². The third kappa shape index (κ3) is 2.76. The molecule has 0 unspecified atom stereocenters. The smallest absolute Gasteiger partial charge is 0.331 e. The van der Waals surface area contributed by atoms with E-state index >= 15 is 0 Å². The van der Waals surface area contributed by atoms with Crippen molar-refractivity contribution in [1.82, 2.24) is 5.32 Å². The number of esters is 1. The highest BCUT2D eigenvalue weighted by Crippen LogP contribution is 2.35. The fourth-order valence-corrected chi connectivity index (χ4v) is 3.55. The van der Waals surface area contributed by atoms with Crippen LogP contribution in [0.15, 0.2) is 0 Å². The molecule has 0 aromatic heterocycles. The molecule has 0 saturated heterocycles. The van der Waals surface area contributed by atoms with Crippen molar-refractivity contribution in [2.24, 2.45) is 17.6 Å². The van der Waals surface area contributed by atoms with Crippen LogP contribution >= 0.6 is 0 Å². The molecule has 2 aliphatic rings. The topological polar surface area (TPSA) is 81.4 Å². The van der Waals surface area contributed by atoms with Gasteiger partial charge in [0.25, 0.3) is 0 Å². The Balaban J connectivity index is 2.05. The van der Waals surface area contributed by atoms with Gasteiger partial charge in [-0.3, -0.25) is 4.79 Å². The predicted molar refractivity (Wildman–Crippen MR) is 71.2 cm³/mol. The molecule has 2 atom stereocenters. The molecular formula is C14H24N2O3. The summed E-state index contributed by atoms with van der Waals surface area (Å²) in [5, 5.41) is 2.98. The lowest BCUT2D eigenvalue weighted by Crippen LogP contribution is -2.55. The molecule has 0 heterocycles. The van der Waals surface area contributed by atoms with Crippen molar-refractivity contribution >= 4 is 11.9 Å². The zero-order valence-corrected chi connectivity index (χ0v) is 11.6. The lowest BCUT2D eigenvalue weighted by molar-refractivity contribution is -0.151. The van der Waals surface area contributed by atoms with Crippen LogP contribution in [-0.4, -0.2) is 31.1 Å². The second kappa shape index (κ2) is 5.90. The summed E-state index contributed by atoms with van der Waals surface area (Å²) >= 11 is 0. The molecule has 5 nitrogen and oxygen atoms in total. The zero-order chi connectivity index (χ0) is 13.9. The Kier molecular flexibility index (Phi) is 4.45. The minimum Gasteiger partial charge on any atom is -0.467 e. The van der Waals surface area contributed by atoms with Crippen LogP contribution in [0.3, 0.4) is 0 Å². The Morgan fingerprint density at radius 1 is 1.26 bits per heavy atom. The Hall–Kier alpha value is -1.10. The van der Waals surface area contributed by atoms with Crippen LogP contribution in [-0.2, 0) is 14.3 Å². The van der Waals surface area contributed by atoms with Gasteiger partial charge in [0.05, 0.1) is 7.11 Å². The number of ether oxygens (including phenoxy) is 1. The summed E-state index contributed by atoms with van der Waals surface area (Å²) in [7, 11) is 1.38. The minimum atomic E-state index is -0.784. The fraction of sp³-hybridized carbons (Fsp3) is 0.857. The maximum atomic E-state index is 12.4. The molecule has 0 radical (unpaired) electrons. The number of hydrogen-bond acceptors (Lipinski definition) is 4. The van der Waals surface area contributed by atoms with Crippen LogP contribution < -0.4 is 11.1 Å². The van der Waals surface area contributed by atoms with E-state index in [0.29, 0.717) is 19.4 Å². The first-order valence-electron chi connectivity index (χ1n) is 7.23. The molecule has 0 aliphatic heterocycles. The number of hydrogen-bond donors (Lipinski definition) is 2. The average Bonchev–Trinajstić information content (AvgIpc) is 3.06. The fourth-order valence-electron chi connectivity index (χ4n) is 3.55. The normalized spacial score (nSPS) is 29.2. The van der Waals surface area contributed by atoms with Gasteiger partial charge >= 0.3 is 5.97 Å². The number of amides is 1. The molecule has 2 aliphatic carbocycles. The molecule has 2 rings (SSSR count). The quantitative estimate of drug-likeness (QED) is 0.744. The van der Waals surface area contributed by atoms with Crippen molar-refractivity contribution in [2.45, 2.75) is 50.5 Å². The van der Waals surface area contributed by atoms with E-state index in [9.17, 15) is 9.59 Å². The third-order valence-corrected chi connectivity index (χ3v) is 4.69. The van der Waals surface area contributed by atoms with Crippen molar-refractivity contribution in [3.63, 3.8) is 0 Å². The van der Waals surface area contributed by atoms with Crippen molar-refractivity contribution in [3.05, 3.63) is 0 Å². The highest BCUT2D eigenvalue weighted by atomic mass is 16.5. The van der Waals surface area contributed by atoms with Gasteiger partial charge in [0.15, 0.2) is 0 Å². The van der Waals surface area contributed by atoms with Crippen molar-refractivity contribution < 1.29 is 14.3 Å². The first-order valence-corrected chi connectivity index (χ1v) is 7.23. The van der Waals surface area contributed by atoms with Gasteiger partial charge in [-0.25, -0.2) is 4.79 Å². The van der Waals surface area contributed by atoms with Crippen LogP contribution in [0.25, 0.3) is 0 Å². The first kappa shape index (κ1) is 14.3. The Morgan fingerprint density at radius 2 is 1.95 bits per heavy atom. The lowest BCUT2D eigenvalue weighted by atomic mass is 9.92. The van der Waals surface area contributed by atoms with Crippen LogP contribution in [0.4, 0.5) is 0 Å².